The van der Waals surface area contributed by atoms with Gasteiger partial charge in [-0.05, 0) is 36.9 Å². The normalized spacial score (nSPS) is 14.3. The van der Waals surface area contributed by atoms with Crippen molar-refractivity contribution in [1.29, 1.82) is 0 Å². The highest BCUT2D eigenvalue weighted by molar-refractivity contribution is 9.10. The number of thioether (sulfide) groups is 1. The van der Waals surface area contributed by atoms with Crippen LogP contribution in [0, 0.1) is 0 Å². The number of benzene rings is 1. The topological polar surface area (TPSA) is 41.5 Å². The van der Waals surface area contributed by atoms with Gasteiger partial charge in [0.1, 0.15) is 5.75 Å². The Balaban J connectivity index is 2.62. The van der Waals surface area contributed by atoms with Crippen molar-refractivity contribution in [3.63, 3.8) is 0 Å². The minimum absolute atomic E-state index is 0.189. The van der Waals surface area contributed by atoms with Gasteiger partial charge in [0.05, 0.1) is 13.7 Å². The maximum atomic E-state index is 9.24. The van der Waals surface area contributed by atoms with Crippen LogP contribution in [0.1, 0.15) is 12.5 Å². The maximum Gasteiger partial charge on any atom is 0.119 e. The van der Waals surface area contributed by atoms with Gasteiger partial charge >= 0.3 is 0 Å². The number of rotatable bonds is 7. The van der Waals surface area contributed by atoms with Gasteiger partial charge in [-0.15, -0.1) is 0 Å². The van der Waals surface area contributed by atoms with Gasteiger partial charge in [-0.1, -0.05) is 15.9 Å². The molecular formula is C13H20BrNO2S. The van der Waals surface area contributed by atoms with Crippen LogP contribution in [0.25, 0.3) is 0 Å². The minimum Gasteiger partial charge on any atom is -0.497 e. The molecule has 0 aliphatic rings. The molecule has 18 heavy (non-hydrogen) atoms. The zero-order valence-corrected chi connectivity index (χ0v) is 13.3. The summed E-state index contributed by atoms with van der Waals surface area (Å²) in [5, 5.41) is 12.9. The Morgan fingerprint density at radius 2 is 2.22 bits per heavy atom. The summed E-state index contributed by atoms with van der Waals surface area (Å²) < 4.78 is 6.28. The molecule has 0 spiro atoms. The van der Waals surface area contributed by atoms with Gasteiger partial charge in [0.15, 0.2) is 0 Å². The smallest absolute Gasteiger partial charge is 0.119 e. The lowest BCUT2D eigenvalue weighted by atomic mass is 10.2. The lowest BCUT2D eigenvalue weighted by Crippen LogP contribution is -2.37. The number of halogens is 1. The first-order valence-corrected chi connectivity index (χ1v) is 7.90. The van der Waals surface area contributed by atoms with Gasteiger partial charge in [0.25, 0.3) is 0 Å². The summed E-state index contributed by atoms with van der Waals surface area (Å²) in [6.45, 7) is 3.02. The van der Waals surface area contributed by atoms with E-state index in [0.29, 0.717) is 0 Å². The summed E-state index contributed by atoms with van der Waals surface area (Å²) in [7, 11) is 1.67. The number of nitrogens with one attached hydrogen (secondary N) is 1. The van der Waals surface area contributed by atoms with Crippen molar-refractivity contribution in [2.24, 2.45) is 0 Å². The predicted octanol–water partition coefficient (Wildman–Crippen LogP) is 2.66. The van der Waals surface area contributed by atoms with Gasteiger partial charge in [0, 0.05) is 22.3 Å². The zero-order valence-electron chi connectivity index (χ0n) is 10.9. The van der Waals surface area contributed by atoms with E-state index in [9.17, 15) is 5.11 Å². The Kier molecular flexibility index (Phi) is 7.07. The van der Waals surface area contributed by atoms with Crippen molar-refractivity contribution in [3.05, 3.63) is 28.2 Å². The number of aliphatic hydroxyl groups excluding tert-OH is 1. The highest BCUT2D eigenvalue weighted by Gasteiger charge is 2.14. The van der Waals surface area contributed by atoms with Crippen LogP contribution in [0.3, 0.4) is 0 Å². The number of ether oxygens (including phenoxy) is 1. The molecule has 1 aromatic carbocycles. The molecule has 2 unspecified atom stereocenters. The number of aliphatic hydroxyl groups is 1. The Labute approximate surface area is 121 Å². The summed E-state index contributed by atoms with van der Waals surface area (Å²) in [6.07, 6.45) is 2.01. The second kappa shape index (κ2) is 8.04. The molecule has 2 N–H and O–H groups in total. The highest BCUT2D eigenvalue weighted by atomic mass is 79.9. The summed E-state index contributed by atoms with van der Waals surface area (Å²) in [5.74, 6) is 0.853. The van der Waals surface area contributed by atoms with Crippen LogP contribution in [0.5, 0.6) is 5.75 Å². The lowest BCUT2D eigenvalue weighted by molar-refractivity contribution is 0.275. The molecule has 0 saturated carbocycles. The minimum atomic E-state index is 0.189. The van der Waals surface area contributed by atoms with Crippen molar-refractivity contribution >= 4 is 27.7 Å². The van der Waals surface area contributed by atoms with Crippen molar-refractivity contribution < 1.29 is 9.84 Å². The molecule has 2 atom stereocenters. The summed E-state index contributed by atoms with van der Waals surface area (Å²) in [6, 6.07) is 6.17. The van der Waals surface area contributed by atoms with Crippen molar-refractivity contribution in [1.82, 2.24) is 5.32 Å². The molecule has 3 nitrogen and oxygen atoms in total. The average molecular weight is 334 g/mol. The molecule has 0 bridgehead atoms. The van der Waals surface area contributed by atoms with E-state index in [1.807, 2.05) is 24.5 Å². The molecule has 102 valence electrons. The van der Waals surface area contributed by atoms with Gasteiger partial charge in [-0.2, -0.15) is 11.8 Å². The molecule has 0 amide bonds. The predicted molar refractivity (Wildman–Crippen MR) is 81.4 cm³/mol. The lowest BCUT2D eigenvalue weighted by Gasteiger charge is -2.21. The zero-order chi connectivity index (χ0) is 13.5. The third-order valence-corrected chi connectivity index (χ3v) is 4.84. The standard InChI is InChI=1S/C13H20BrNO2S/c1-9(13(8-16)18-3)15-7-10-6-11(17-2)4-5-12(10)14/h4-6,9,13,15-16H,7-8H2,1-3H3. The van der Waals surface area contributed by atoms with E-state index in [0.717, 1.165) is 22.3 Å². The van der Waals surface area contributed by atoms with Crippen LogP contribution in [0.2, 0.25) is 0 Å². The average Bonchev–Trinajstić information content (AvgIpc) is 2.39. The SMILES string of the molecule is COc1ccc(Br)c(CNC(C)C(CO)SC)c1. The van der Waals surface area contributed by atoms with Gasteiger partial charge in [-0.3, -0.25) is 0 Å². The monoisotopic (exact) mass is 333 g/mol. The largest absolute Gasteiger partial charge is 0.497 e. The second-order valence-corrected chi connectivity index (χ2v) is 6.01. The first-order chi connectivity index (χ1) is 8.62. The van der Waals surface area contributed by atoms with Crippen LogP contribution in [-0.2, 0) is 6.54 Å². The van der Waals surface area contributed by atoms with Crippen LogP contribution >= 0.6 is 27.7 Å². The molecule has 0 saturated heterocycles. The quantitative estimate of drug-likeness (QED) is 0.804. The molecule has 0 aromatic heterocycles. The van der Waals surface area contributed by atoms with E-state index in [1.165, 1.54) is 0 Å². The van der Waals surface area contributed by atoms with Crippen LogP contribution in [-0.4, -0.2) is 36.4 Å². The first kappa shape index (κ1) is 15.8. The van der Waals surface area contributed by atoms with E-state index in [1.54, 1.807) is 18.9 Å². The molecule has 0 fully saturated rings. The fourth-order valence-electron chi connectivity index (χ4n) is 1.65. The Hall–Kier alpha value is -0.230. The van der Waals surface area contributed by atoms with Crippen LogP contribution < -0.4 is 10.1 Å². The van der Waals surface area contributed by atoms with Crippen molar-refractivity contribution in [2.75, 3.05) is 20.0 Å². The third-order valence-electron chi connectivity index (χ3n) is 2.91. The van der Waals surface area contributed by atoms with Crippen LogP contribution in [0.15, 0.2) is 22.7 Å². The van der Waals surface area contributed by atoms with E-state index in [2.05, 4.69) is 28.2 Å². The van der Waals surface area contributed by atoms with Gasteiger partial charge < -0.3 is 15.2 Å². The molecule has 0 radical (unpaired) electrons. The molecule has 5 heteroatoms. The molecule has 0 heterocycles. The Morgan fingerprint density at radius 1 is 1.50 bits per heavy atom. The highest BCUT2D eigenvalue weighted by Crippen LogP contribution is 2.22. The first-order valence-electron chi connectivity index (χ1n) is 5.81. The number of hydrogen-bond acceptors (Lipinski definition) is 4. The summed E-state index contributed by atoms with van der Waals surface area (Å²) in [5.41, 5.74) is 1.15. The van der Waals surface area contributed by atoms with E-state index >= 15 is 0 Å². The number of hydrogen-bond donors (Lipinski definition) is 2. The molecule has 0 aliphatic heterocycles. The van der Waals surface area contributed by atoms with Crippen molar-refractivity contribution in [2.45, 2.75) is 24.8 Å². The summed E-state index contributed by atoms with van der Waals surface area (Å²) >= 11 is 5.21. The van der Waals surface area contributed by atoms with E-state index in [4.69, 9.17) is 4.74 Å². The Bertz CT molecular complexity index is 372. The van der Waals surface area contributed by atoms with Gasteiger partial charge in [-0.25, -0.2) is 0 Å². The molecular weight excluding hydrogens is 314 g/mol. The number of methoxy groups -OCH3 is 1. The fraction of sp³-hybridized carbons (Fsp3) is 0.538. The van der Waals surface area contributed by atoms with E-state index < -0.39 is 0 Å². The van der Waals surface area contributed by atoms with Gasteiger partial charge in [0.2, 0.25) is 0 Å². The third kappa shape index (κ3) is 4.46. The van der Waals surface area contributed by atoms with Crippen LogP contribution in [0.4, 0.5) is 0 Å². The van der Waals surface area contributed by atoms with Crippen molar-refractivity contribution in [3.8, 4) is 5.75 Å². The Morgan fingerprint density at radius 3 is 2.78 bits per heavy atom. The molecule has 1 rings (SSSR count). The van der Waals surface area contributed by atoms with E-state index in [-0.39, 0.29) is 17.9 Å². The second-order valence-electron chi connectivity index (χ2n) is 4.08. The molecule has 1 aromatic rings. The summed E-state index contributed by atoms with van der Waals surface area (Å²) in [4.78, 5) is 0. The molecule has 0 aliphatic carbocycles. The fourth-order valence-corrected chi connectivity index (χ4v) is 2.69. The maximum absolute atomic E-state index is 9.24.